The van der Waals surface area contributed by atoms with Gasteiger partial charge in [0.1, 0.15) is 0 Å². The maximum Gasteiger partial charge on any atom is 0.343 e. The lowest BCUT2D eigenvalue weighted by Crippen LogP contribution is -2.18. The molecular formula is C14H17IN4O2S. The number of anilines is 1. The molecule has 1 aromatic carbocycles. The summed E-state index contributed by atoms with van der Waals surface area (Å²) in [5, 5.41) is 9.79. The molecule has 1 amide bonds. The lowest BCUT2D eigenvalue weighted by atomic mass is 10.2. The van der Waals surface area contributed by atoms with Crippen molar-refractivity contribution in [3.8, 4) is 0 Å². The molecule has 0 aliphatic carbocycles. The number of carbonyl (C=O) groups excluding carboxylic acids is 1. The summed E-state index contributed by atoms with van der Waals surface area (Å²) in [6.45, 7) is 4.53. The minimum atomic E-state index is -0.238. The Kier molecular flexibility index (Phi) is 6.07. The van der Waals surface area contributed by atoms with Gasteiger partial charge in [-0.2, -0.15) is 0 Å². The topological polar surface area (TPSA) is 79.8 Å². The maximum absolute atomic E-state index is 12.0. The van der Waals surface area contributed by atoms with Gasteiger partial charge in [0.05, 0.1) is 5.75 Å². The maximum atomic E-state index is 12.0. The summed E-state index contributed by atoms with van der Waals surface area (Å²) in [5.41, 5.74) is 1.59. The van der Waals surface area contributed by atoms with Crippen LogP contribution < -0.4 is 11.0 Å². The van der Waals surface area contributed by atoms with E-state index in [1.165, 1.54) is 11.8 Å². The van der Waals surface area contributed by atoms with Crippen LogP contribution in [-0.4, -0.2) is 26.4 Å². The van der Waals surface area contributed by atoms with E-state index in [9.17, 15) is 9.59 Å². The van der Waals surface area contributed by atoms with Gasteiger partial charge in [0.15, 0.2) is 5.16 Å². The number of nitrogens with zero attached hydrogens (tertiary/aromatic N) is 2. The van der Waals surface area contributed by atoms with Crippen molar-refractivity contribution in [1.82, 2.24) is 14.8 Å². The fraction of sp³-hybridized carbons (Fsp3) is 0.357. The molecule has 8 heteroatoms. The highest BCUT2D eigenvalue weighted by Crippen LogP contribution is 2.19. The molecular weight excluding hydrogens is 415 g/mol. The van der Waals surface area contributed by atoms with Crippen LogP contribution in [0.25, 0.3) is 0 Å². The van der Waals surface area contributed by atoms with Crippen molar-refractivity contribution in [2.24, 2.45) is 0 Å². The first-order valence-corrected chi connectivity index (χ1v) is 8.91. The van der Waals surface area contributed by atoms with Crippen LogP contribution in [0.15, 0.2) is 28.2 Å². The second-order valence-corrected chi connectivity index (χ2v) is 6.95. The summed E-state index contributed by atoms with van der Waals surface area (Å²) in [4.78, 5) is 23.6. The number of hydrogen-bond donors (Lipinski definition) is 2. The van der Waals surface area contributed by atoms with E-state index in [1.54, 1.807) is 4.57 Å². The predicted octanol–water partition coefficient (Wildman–Crippen LogP) is 2.63. The van der Waals surface area contributed by atoms with Crippen molar-refractivity contribution in [1.29, 1.82) is 0 Å². The second kappa shape index (κ2) is 7.82. The van der Waals surface area contributed by atoms with Crippen LogP contribution in [0, 0.1) is 10.5 Å². The van der Waals surface area contributed by atoms with Gasteiger partial charge in [-0.15, -0.1) is 5.10 Å². The molecule has 0 saturated heterocycles. The van der Waals surface area contributed by atoms with Gasteiger partial charge < -0.3 is 5.32 Å². The van der Waals surface area contributed by atoms with Crippen LogP contribution in [0.4, 0.5) is 5.69 Å². The van der Waals surface area contributed by atoms with Gasteiger partial charge in [0, 0.05) is 15.8 Å². The lowest BCUT2D eigenvalue weighted by molar-refractivity contribution is -0.113. The van der Waals surface area contributed by atoms with Gasteiger partial charge in [-0.1, -0.05) is 18.7 Å². The quantitative estimate of drug-likeness (QED) is 0.544. The number of aryl methyl sites for hydroxylation is 1. The molecule has 0 spiro atoms. The zero-order valence-electron chi connectivity index (χ0n) is 12.4. The smallest absolute Gasteiger partial charge is 0.325 e. The molecule has 0 aliphatic rings. The van der Waals surface area contributed by atoms with Crippen molar-refractivity contribution < 1.29 is 4.79 Å². The standard InChI is InChI=1S/C14H17IN4O2S/c1-3-6-19-13(21)17-18-14(19)22-8-12(20)16-11-5-4-10(15)7-9(11)2/h4-5,7H,3,6,8H2,1-2H3,(H,16,20)(H,17,21). The van der Waals surface area contributed by atoms with Crippen LogP contribution in [0.5, 0.6) is 0 Å². The molecule has 0 aliphatic heterocycles. The molecule has 22 heavy (non-hydrogen) atoms. The molecule has 118 valence electrons. The Bertz CT molecular complexity index is 726. The number of halogens is 1. The van der Waals surface area contributed by atoms with E-state index in [2.05, 4.69) is 38.1 Å². The third kappa shape index (κ3) is 4.35. The Balaban J connectivity index is 1.97. The first-order chi connectivity index (χ1) is 10.5. The first-order valence-electron chi connectivity index (χ1n) is 6.85. The summed E-state index contributed by atoms with van der Waals surface area (Å²) in [6, 6.07) is 5.85. The SMILES string of the molecule is CCCn1c(SCC(=O)Nc2ccc(I)cc2C)n[nH]c1=O. The van der Waals surface area contributed by atoms with Crippen LogP contribution in [0.2, 0.25) is 0 Å². The highest BCUT2D eigenvalue weighted by atomic mass is 127. The summed E-state index contributed by atoms with van der Waals surface area (Å²) >= 11 is 3.48. The van der Waals surface area contributed by atoms with E-state index in [4.69, 9.17) is 0 Å². The predicted molar refractivity (Wildman–Crippen MR) is 96.4 cm³/mol. The average Bonchev–Trinajstić information content (AvgIpc) is 2.81. The van der Waals surface area contributed by atoms with Crippen LogP contribution in [0.3, 0.4) is 0 Å². The number of hydrogen-bond acceptors (Lipinski definition) is 4. The summed E-state index contributed by atoms with van der Waals surface area (Å²) < 4.78 is 2.68. The minimum absolute atomic E-state index is 0.118. The molecule has 0 bridgehead atoms. The highest BCUT2D eigenvalue weighted by molar-refractivity contribution is 14.1. The first kappa shape index (κ1) is 17.1. The molecule has 1 heterocycles. The van der Waals surface area contributed by atoms with Gasteiger partial charge in [-0.05, 0) is 59.7 Å². The zero-order chi connectivity index (χ0) is 16.1. The summed E-state index contributed by atoms with van der Waals surface area (Å²) in [6.07, 6.45) is 0.834. The molecule has 0 saturated carbocycles. The number of aromatic nitrogens is 3. The molecule has 6 nitrogen and oxygen atoms in total. The second-order valence-electron chi connectivity index (χ2n) is 4.76. The van der Waals surface area contributed by atoms with Crippen LogP contribution in [0.1, 0.15) is 18.9 Å². The largest absolute Gasteiger partial charge is 0.343 e. The molecule has 1 aromatic heterocycles. The van der Waals surface area contributed by atoms with Gasteiger partial charge in [0.2, 0.25) is 5.91 Å². The number of thioether (sulfide) groups is 1. The Morgan fingerprint density at radius 2 is 2.27 bits per heavy atom. The van der Waals surface area contributed by atoms with E-state index in [0.29, 0.717) is 11.7 Å². The van der Waals surface area contributed by atoms with Crippen LogP contribution in [-0.2, 0) is 11.3 Å². The van der Waals surface area contributed by atoms with Crippen molar-refractivity contribution in [2.75, 3.05) is 11.1 Å². The Morgan fingerprint density at radius 3 is 2.95 bits per heavy atom. The third-order valence-electron chi connectivity index (χ3n) is 2.97. The number of nitrogens with one attached hydrogen (secondary N) is 2. The zero-order valence-corrected chi connectivity index (χ0v) is 15.3. The van der Waals surface area contributed by atoms with E-state index in [1.807, 2.05) is 32.0 Å². The van der Waals surface area contributed by atoms with E-state index < -0.39 is 0 Å². The van der Waals surface area contributed by atoms with E-state index in [0.717, 1.165) is 21.2 Å². The molecule has 2 rings (SSSR count). The Morgan fingerprint density at radius 1 is 1.50 bits per heavy atom. The molecule has 0 fully saturated rings. The number of carbonyl (C=O) groups is 1. The molecule has 2 aromatic rings. The van der Waals surface area contributed by atoms with Crippen LogP contribution >= 0.6 is 34.4 Å². The van der Waals surface area contributed by atoms with Gasteiger partial charge in [-0.25, -0.2) is 9.89 Å². The third-order valence-corrected chi connectivity index (χ3v) is 4.61. The number of aromatic amines is 1. The number of rotatable bonds is 6. The number of amides is 1. The molecule has 0 radical (unpaired) electrons. The van der Waals surface area contributed by atoms with E-state index in [-0.39, 0.29) is 17.3 Å². The van der Waals surface area contributed by atoms with E-state index >= 15 is 0 Å². The Hall–Kier alpha value is -1.29. The number of H-pyrrole nitrogens is 1. The van der Waals surface area contributed by atoms with Crippen molar-refractivity contribution in [3.05, 3.63) is 37.8 Å². The van der Waals surface area contributed by atoms with Gasteiger partial charge in [-0.3, -0.25) is 9.36 Å². The summed E-state index contributed by atoms with van der Waals surface area (Å²) in [5.74, 6) is 0.0900. The monoisotopic (exact) mass is 432 g/mol. The molecule has 0 unspecified atom stereocenters. The van der Waals surface area contributed by atoms with Gasteiger partial charge in [0.25, 0.3) is 0 Å². The minimum Gasteiger partial charge on any atom is -0.325 e. The van der Waals surface area contributed by atoms with Crippen molar-refractivity contribution in [3.63, 3.8) is 0 Å². The fourth-order valence-electron chi connectivity index (χ4n) is 1.92. The fourth-order valence-corrected chi connectivity index (χ4v) is 3.34. The molecule has 0 atom stereocenters. The Labute approximate surface area is 146 Å². The van der Waals surface area contributed by atoms with Crippen molar-refractivity contribution in [2.45, 2.75) is 32.0 Å². The normalized spacial score (nSPS) is 10.7. The number of benzene rings is 1. The summed E-state index contributed by atoms with van der Waals surface area (Å²) in [7, 11) is 0. The van der Waals surface area contributed by atoms with Gasteiger partial charge >= 0.3 is 5.69 Å². The lowest BCUT2D eigenvalue weighted by Gasteiger charge is -2.08. The molecule has 2 N–H and O–H groups in total. The van der Waals surface area contributed by atoms with Crippen molar-refractivity contribution >= 4 is 45.9 Å². The highest BCUT2D eigenvalue weighted by Gasteiger charge is 2.11. The average molecular weight is 432 g/mol.